The fraction of sp³-hybridized carbons (Fsp3) is 0.500. The number of benzene rings is 1. The summed E-state index contributed by atoms with van der Waals surface area (Å²) in [7, 11) is 0. The van der Waals surface area contributed by atoms with Crippen LogP contribution in [0.2, 0.25) is 0 Å². The number of hydrogen-bond acceptors (Lipinski definition) is 2. The molecule has 0 bridgehead atoms. The summed E-state index contributed by atoms with van der Waals surface area (Å²) in [5, 5.41) is 2.58. The van der Waals surface area contributed by atoms with Crippen LogP contribution in [0.1, 0.15) is 36.8 Å². The first-order valence-electron chi connectivity index (χ1n) is 6.44. The molecule has 18 heavy (non-hydrogen) atoms. The highest BCUT2D eigenvalue weighted by Crippen LogP contribution is 2.26. The van der Waals surface area contributed by atoms with Crippen LogP contribution in [0.4, 0.5) is 4.79 Å². The van der Waals surface area contributed by atoms with Crippen LogP contribution in [-0.2, 0) is 6.54 Å². The van der Waals surface area contributed by atoms with E-state index >= 15 is 0 Å². The number of nitrogens with one attached hydrogen (secondary N) is 1. The molecule has 0 atom stereocenters. The average Bonchev–Trinajstić information content (AvgIpc) is 2.82. The van der Waals surface area contributed by atoms with Crippen LogP contribution in [0.5, 0.6) is 5.75 Å². The molecular weight excluding hydrogens is 228 g/mol. The first-order valence-corrected chi connectivity index (χ1v) is 6.44. The maximum absolute atomic E-state index is 10.6. The van der Waals surface area contributed by atoms with Crippen LogP contribution in [0.3, 0.4) is 0 Å². The van der Waals surface area contributed by atoms with Gasteiger partial charge in [0.25, 0.3) is 0 Å². The lowest BCUT2D eigenvalue weighted by atomic mass is 10.1. The van der Waals surface area contributed by atoms with E-state index in [0.717, 1.165) is 29.7 Å². The van der Waals surface area contributed by atoms with Crippen molar-refractivity contribution in [1.29, 1.82) is 0 Å². The monoisotopic (exact) mass is 248 g/mol. The van der Waals surface area contributed by atoms with Gasteiger partial charge in [0.2, 0.25) is 0 Å². The number of carbonyl (C=O) groups excluding carboxylic acids is 1. The fourth-order valence-electron chi connectivity index (χ4n) is 2.33. The Labute approximate surface area is 108 Å². The zero-order valence-electron chi connectivity index (χ0n) is 10.7. The summed E-state index contributed by atoms with van der Waals surface area (Å²) in [6.07, 6.45) is 5.22. The van der Waals surface area contributed by atoms with Crippen LogP contribution in [0, 0.1) is 6.92 Å². The number of rotatable bonds is 4. The van der Waals surface area contributed by atoms with Gasteiger partial charge < -0.3 is 15.8 Å². The van der Waals surface area contributed by atoms with Crippen LogP contribution < -0.4 is 15.8 Å². The zero-order chi connectivity index (χ0) is 13.0. The molecule has 1 fully saturated rings. The van der Waals surface area contributed by atoms with Gasteiger partial charge in [-0.3, -0.25) is 0 Å². The molecule has 0 heterocycles. The topological polar surface area (TPSA) is 64.3 Å². The van der Waals surface area contributed by atoms with Gasteiger partial charge in [0.15, 0.2) is 0 Å². The smallest absolute Gasteiger partial charge is 0.312 e. The standard InChI is InChI=1S/C14H20N2O2/c1-10-8-11(9-16-14(15)17)6-7-13(10)18-12-4-2-3-5-12/h6-8,12H,2-5,9H2,1H3,(H3,15,16,17). The van der Waals surface area contributed by atoms with Crippen LogP contribution in [-0.4, -0.2) is 12.1 Å². The minimum absolute atomic E-state index is 0.373. The average molecular weight is 248 g/mol. The van der Waals surface area contributed by atoms with Crippen molar-refractivity contribution in [3.8, 4) is 5.75 Å². The summed E-state index contributed by atoms with van der Waals surface area (Å²) in [5.41, 5.74) is 7.18. The van der Waals surface area contributed by atoms with E-state index in [1.165, 1.54) is 12.8 Å². The Morgan fingerprint density at radius 1 is 1.44 bits per heavy atom. The number of primary amides is 1. The van der Waals surface area contributed by atoms with Crippen LogP contribution in [0.25, 0.3) is 0 Å². The molecule has 1 aromatic carbocycles. The number of amides is 2. The summed E-state index contributed by atoms with van der Waals surface area (Å²) < 4.78 is 5.97. The normalized spacial score (nSPS) is 15.6. The number of carbonyl (C=O) groups is 1. The zero-order valence-corrected chi connectivity index (χ0v) is 10.7. The molecule has 1 aliphatic carbocycles. The van der Waals surface area contributed by atoms with Crippen molar-refractivity contribution in [2.75, 3.05) is 0 Å². The van der Waals surface area contributed by atoms with Gasteiger partial charge in [-0.25, -0.2) is 4.79 Å². The molecule has 98 valence electrons. The lowest BCUT2D eigenvalue weighted by Gasteiger charge is -2.16. The number of nitrogens with two attached hydrogens (primary N) is 1. The van der Waals surface area contributed by atoms with Gasteiger partial charge in [-0.1, -0.05) is 12.1 Å². The maximum Gasteiger partial charge on any atom is 0.312 e. The summed E-state index contributed by atoms with van der Waals surface area (Å²) in [4.78, 5) is 10.6. The van der Waals surface area contributed by atoms with E-state index in [-0.39, 0.29) is 0 Å². The molecule has 4 nitrogen and oxygen atoms in total. The molecule has 1 aliphatic rings. The van der Waals surface area contributed by atoms with Gasteiger partial charge >= 0.3 is 6.03 Å². The van der Waals surface area contributed by atoms with E-state index in [9.17, 15) is 4.79 Å². The third-order valence-electron chi connectivity index (χ3n) is 3.30. The van der Waals surface area contributed by atoms with Gasteiger partial charge in [0, 0.05) is 6.54 Å². The first-order chi connectivity index (χ1) is 8.65. The lowest BCUT2D eigenvalue weighted by molar-refractivity contribution is 0.208. The molecule has 0 spiro atoms. The van der Waals surface area contributed by atoms with E-state index in [1.807, 2.05) is 25.1 Å². The third kappa shape index (κ3) is 3.39. The van der Waals surface area contributed by atoms with Crippen LogP contribution >= 0.6 is 0 Å². The second-order valence-corrected chi connectivity index (χ2v) is 4.84. The van der Waals surface area contributed by atoms with Crippen molar-refractivity contribution in [2.24, 2.45) is 5.73 Å². The van der Waals surface area contributed by atoms with Crippen LogP contribution in [0.15, 0.2) is 18.2 Å². The molecule has 0 radical (unpaired) electrons. The molecule has 0 saturated heterocycles. The maximum atomic E-state index is 10.6. The molecule has 1 saturated carbocycles. The minimum atomic E-state index is -0.501. The summed E-state index contributed by atoms with van der Waals surface area (Å²) in [6.45, 7) is 2.48. The summed E-state index contributed by atoms with van der Waals surface area (Å²) >= 11 is 0. The van der Waals surface area contributed by atoms with Crippen molar-refractivity contribution >= 4 is 6.03 Å². The van der Waals surface area contributed by atoms with E-state index in [0.29, 0.717) is 12.6 Å². The lowest BCUT2D eigenvalue weighted by Crippen LogP contribution is -2.28. The molecule has 0 unspecified atom stereocenters. The van der Waals surface area contributed by atoms with Crippen molar-refractivity contribution in [1.82, 2.24) is 5.32 Å². The van der Waals surface area contributed by atoms with Crippen molar-refractivity contribution in [3.63, 3.8) is 0 Å². The quantitative estimate of drug-likeness (QED) is 0.859. The van der Waals surface area contributed by atoms with E-state index < -0.39 is 6.03 Å². The molecule has 4 heteroatoms. The summed E-state index contributed by atoms with van der Waals surface area (Å²) in [6, 6.07) is 5.47. The molecular formula is C14H20N2O2. The fourth-order valence-corrected chi connectivity index (χ4v) is 2.33. The molecule has 3 N–H and O–H groups in total. The van der Waals surface area contributed by atoms with Gasteiger partial charge in [-0.05, 0) is 49.8 Å². The SMILES string of the molecule is Cc1cc(CNC(N)=O)ccc1OC1CCCC1. The number of aryl methyl sites for hydroxylation is 1. The number of urea groups is 1. The van der Waals surface area contributed by atoms with Gasteiger partial charge in [0.1, 0.15) is 5.75 Å². The Balaban J connectivity index is 1.97. The Bertz CT molecular complexity index is 426. The number of hydrogen-bond donors (Lipinski definition) is 2. The Morgan fingerprint density at radius 2 is 2.17 bits per heavy atom. The third-order valence-corrected chi connectivity index (χ3v) is 3.30. The van der Waals surface area contributed by atoms with E-state index in [1.54, 1.807) is 0 Å². The van der Waals surface area contributed by atoms with Gasteiger partial charge in [-0.15, -0.1) is 0 Å². The highest BCUT2D eigenvalue weighted by atomic mass is 16.5. The highest BCUT2D eigenvalue weighted by Gasteiger charge is 2.17. The Morgan fingerprint density at radius 3 is 2.78 bits per heavy atom. The molecule has 0 aromatic heterocycles. The highest BCUT2D eigenvalue weighted by molar-refractivity contribution is 5.71. The largest absolute Gasteiger partial charge is 0.490 e. The Kier molecular flexibility index (Phi) is 4.07. The number of ether oxygens (including phenoxy) is 1. The van der Waals surface area contributed by atoms with E-state index in [4.69, 9.17) is 10.5 Å². The first kappa shape index (κ1) is 12.7. The second-order valence-electron chi connectivity index (χ2n) is 4.84. The van der Waals surface area contributed by atoms with E-state index in [2.05, 4.69) is 5.32 Å². The molecule has 0 aliphatic heterocycles. The Hall–Kier alpha value is -1.71. The molecule has 1 aromatic rings. The molecule has 2 amide bonds. The van der Waals surface area contributed by atoms with Gasteiger partial charge in [0.05, 0.1) is 6.10 Å². The minimum Gasteiger partial charge on any atom is -0.490 e. The second kappa shape index (κ2) is 5.76. The molecule has 2 rings (SSSR count). The van der Waals surface area contributed by atoms with Crippen molar-refractivity contribution in [2.45, 2.75) is 45.3 Å². The van der Waals surface area contributed by atoms with Crippen molar-refractivity contribution < 1.29 is 9.53 Å². The summed E-state index contributed by atoms with van der Waals surface area (Å²) in [5.74, 6) is 0.949. The van der Waals surface area contributed by atoms with Crippen molar-refractivity contribution in [3.05, 3.63) is 29.3 Å². The predicted molar refractivity (Wildman–Crippen MR) is 70.5 cm³/mol. The van der Waals surface area contributed by atoms with Gasteiger partial charge in [-0.2, -0.15) is 0 Å². The predicted octanol–water partition coefficient (Wildman–Crippen LogP) is 2.48.